The van der Waals surface area contributed by atoms with Crippen molar-refractivity contribution in [3.05, 3.63) is 39.9 Å². The number of nitro groups is 1. The molecule has 0 unspecified atom stereocenters. The third kappa shape index (κ3) is 4.78. The third-order valence-electron chi connectivity index (χ3n) is 4.37. The fraction of sp³-hybridized carbons (Fsp3) is 0.556. The minimum atomic E-state index is -0.362. The summed E-state index contributed by atoms with van der Waals surface area (Å²) in [7, 11) is 0. The van der Waals surface area contributed by atoms with Crippen molar-refractivity contribution in [2.24, 2.45) is 5.92 Å². The predicted octanol–water partition coefficient (Wildman–Crippen LogP) is 3.53. The van der Waals surface area contributed by atoms with Crippen LogP contribution in [0.5, 0.6) is 0 Å². The molecule has 1 aromatic heterocycles. The summed E-state index contributed by atoms with van der Waals surface area (Å²) in [6.07, 6.45) is 0. The van der Waals surface area contributed by atoms with E-state index in [0.29, 0.717) is 19.1 Å². The molecule has 0 radical (unpaired) electrons. The van der Waals surface area contributed by atoms with Crippen molar-refractivity contribution < 1.29 is 9.66 Å². The van der Waals surface area contributed by atoms with Crippen LogP contribution >= 0.6 is 11.8 Å². The number of anilines is 1. The van der Waals surface area contributed by atoms with Crippen molar-refractivity contribution in [2.75, 3.05) is 31.2 Å². The smallest absolute Gasteiger partial charge is 0.269 e. The lowest BCUT2D eigenvalue weighted by Gasteiger charge is -2.28. The monoisotopic (exact) mass is 391 g/mol. The van der Waals surface area contributed by atoms with Crippen LogP contribution in [0.25, 0.3) is 0 Å². The standard InChI is InChI=1S/C18H25N5O3S/c1-13(2)12-22-17(21-7-9-26-10-8-21)19-20-18(22)27-14(3)15-5-4-6-16(11-15)23(24)25/h4-6,11,13-14H,7-10,12H2,1-3H3/t14-/m1/s1. The minimum absolute atomic E-state index is 0.0255. The molecule has 8 nitrogen and oxygen atoms in total. The summed E-state index contributed by atoms with van der Waals surface area (Å²) in [4.78, 5) is 12.9. The van der Waals surface area contributed by atoms with Crippen molar-refractivity contribution >= 4 is 23.4 Å². The highest BCUT2D eigenvalue weighted by Gasteiger charge is 2.23. The molecule has 9 heteroatoms. The van der Waals surface area contributed by atoms with Gasteiger partial charge in [0.2, 0.25) is 5.95 Å². The number of nitro benzene ring substituents is 1. The average Bonchev–Trinajstić information content (AvgIpc) is 3.04. The molecule has 1 aliphatic rings. The Hall–Kier alpha value is -2.13. The Bertz CT molecular complexity index is 789. The highest BCUT2D eigenvalue weighted by molar-refractivity contribution is 7.99. The zero-order valence-electron chi connectivity index (χ0n) is 15.9. The Morgan fingerprint density at radius 1 is 1.26 bits per heavy atom. The van der Waals surface area contributed by atoms with Crippen LogP contribution in [0.4, 0.5) is 11.6 Å². The van der Waals surface area contributed by atoms with E-state index in [1.165, 1.54) is 6.07 Å². The summed E-state index contributed by atoms with van der Waals surface area (Å²) >= 11 is 1.58. The van der Waals surface area contributed by atoms with Crippen LogP contribution in [0.2, 0.25) is 0 Å². The van der Waals surface area contributed by atoms with Gasteiger partial charge in [-0.3, -0.25) is 14.7 Å². The fourth-order valence-electron chi connectivity index (χ4n) is 3.01. The van der Waals surface area contributed by atoms with Gasteiger partial charge >= 0.3 is 0 Å². The quantitative estimate of drug-likeness (QED) is 0.405. The lowest BCUT2D eigenvalue weighted by Crippen LogP contribution is -2.38. The summed E-state index contributed by atoms with van der Waals surface area (Å²) in [6.45, 7) is 10.2. The predicted molar refractivity (Wildman–Crippen MR) is 105 cm³/mol. The number of aromatic nitrogens is 3. The Balaban J connectivity index is 1.84. The molecule has 0 aliphatic carbocycles. The normalized spacial score (nSPS) is 15.9. The fourth-order valence-corrected chi connectivity index (χ4v) is 3.98. The molecule has 0 N–H and O–H groups in total. The number of ether oxygens (including phenoxy) is 1. The summed E-state index contributed by atoms with van der Waals surface area (Å²) in [5, 5.41) is 20.8. The molecular formula is C18H25N5O3S. The Morgan fingerprint density at radius 3 is 2.67 bits per heavy atom. The molecule has 1 aromatic carbocycles. The molecular weight excluding hydrogens is 366 g/mol. The first kappa shape index (κ1) is 19.6. The van der Waals surface area contributed by atoms with Gasteiger partial charge < -0.3 is 9.64 Å². The Kier molecular flexibility index (Phi) is 6.33. The van der Waals surface area contributed by atoms with Gasteiger partial charge in [0.1, 0.15) is 0 Å². The molecule has 2 heterocycles. The molecule has 0 amide bonds. The lowest BCUT2D eigenvalue weighted by atomic mass is 10.1. The number of rotatable bonds is 7. The van der Waals surface area contributed by atoms with Crippen molar-refractivity contribution in [1.29, 1.82) is 0 Å². The molecule has 0 spiro atoms. The molecule has 3 rings (SSSR count). The molecule has 27 heavy (non-hydrogen) atoms. The van der Waals surface area contributed by atoms with E-state index in [9.17, 15) is 10.1 Å². The van der Waals surface area contributed by atoms with E-state index >= 15 is 0 Å². The number of thioether (sulfide) groups is 1. The van der Waals surface area contributed by atoms with Gasteiger partial charge in [0.15, 0.2) is 5.16 Å². The highest BCUT2D eigenvalue weighted by Crippen LogP contribution is 2.36. The summed E-state index contributed by atoms with van der Waals surface area (Å²) in [5.74, 6) is 1.33. The van der Waals surface area contributed by atoms with Crippen molar-refractivity contribution in [1.82, 2.24) is 14.8 Å². The van der Waals surface area contributed by atoms with Crippen molar-refractivity contribution in [2.45, 2.75) is 37.7 Å². The van der Waals surface area contributed by atoms with Crippen LogP contribution in [0, 0.1) is 16.0 Å². The topological polar surface area (TPSA) is 86.3 Å². The lowest BCUT2D eigenvalue weighted by molar-refractivity contribution is -0.384. The summed E-state index contributed by atoms with van der Waals surface area (Å²) in [5.41, 5.74) is 1.01. The first-order valence-corrected chi connectivity index (χ1v) is 10.0. The molecule has 1 atom stereocenters. The number of non-ortho nitro benzene ring substituents is 1. The highest BCUT2D eigenvalue weighted by atomic mass is 32.2. The van der Waals surface area contributed by atoms with Gasteiger partial charge in [-0.2, -0.15) is 0 Å². The number of hydrogen-bond acceptors (Lipinski definition) is 7. The van der Waals surface area contributed by atoms with E-state index in [0.717, 1.165) is 36.3 Å². The first-order valence-electron chi connectivity index (χ1n) is 9.12. The number of nitrogens with zero attached hydrogens (tertiary/aromatic N) is 5. The molecule has 1 fully saturated rings. The van der Waals surface area contributed by atoms with E-state index in [1.54, 1.807) is 23.9 Å². The zero-order valence-corrected chi connectivity index (χ0v) is 16.7. The van der Waals surface area contributed by atoms with Gasteiger partial charge in [0, 0.05) is 37.0 Å². The Morgan fingerprint density at radius 2 is 2.00 bits per heavy atom. The van der Waals surface area contributed by atoms with Gasteiger partial charge in [-0.25, -0.2) is 0 Å². The molecule has 1 aliphatic heterocycles. The largest absolute Gasteiger partial charge is 0.378 e. The van der Waals surface area contributed by atoms with Gasteiger partial charge in [0.25, 0.3) is 5.69 Å². The molecule has 146 valence electrons. The van der Waals surface area contributed by atoms with Crippen LogP contribution in [0.1, 0.15) is 31.6 Å². The van der Waals surface area contributed by atoms with Gasteiger partial charge in [-0.15, -0.1) is 10.2 Å². The molecule has 0 saturated carbocycles. The zero-order chi connectivity index (χ0) is 19.4. The Labute approximate surface area is 163 Å². The maximum absolute atomic E-state index is 11.0. The van der Waals surface area contributed by atoms with E-state index < -0.39 is 0 Å². The van der Waals surface area contributed by atoms with Crippen molar-refractivity contribution in [3.63, 3.8) is 0 Å². The van der Waals surface area contributed by atoms with E-state index in [2.05, 4.69) is 33.5 Å². The van der Waals surface area contributed by atoms with Gasteiger partial charge in [0.05, 0.1) is 18.1 Å². The second kappa shape index (κ2) is 8.71. The van der Waals surface area contributed by atoms with Crippen LogP contribution in [0.15, 0.2) is 29.4 Å². The molecule has 0 bridgehead atoms. The maximum Gasteiger partial charge on any atom is 0.269 e. The third-order valence-corrected chi connectivity index (χ3v) is 5.51. The summed E-state index contributed by atoms with van der Waals surface area (Å²) in [6, 6.07) is 6.78. The maximum atomic E-state index is 11.0. The van der Waals surface area contributed by atoms with Gasteiger partial charge in [-0.05, 0) is 18.4 Å². The van der Waals surface area contributed by atoms with Gasteiger partial charge in [-0.1, -0.05) is 37.7 Å². The van der Waals surface area contributed by atoms with Crippen LogP contribution in [-0.4, -0.2) is 46.0 Å². The summed E-state index contributed by atoms with van der Waals surface area (Å²) < 4.78 is 7.60. The van der Waals surface area contributed by atoms with Crippen LogP contribution in [0.3, 0.4) is 0 Å². The SMILES string of the molecule is CC(C)Cn1c(S[C@H](C)c2cccc([N+](=O)[O-])c2)nnc1N1CCOCC1. The van der Waals surface area contributed by atoms with E-state index in [4.69, 9.17) is 4.74 Å². The van der Waals surface area contributed by atoms with E-state index in [1.807, 2.05) is 13.0 Å². The van der Waals surface area contributed by atoms with Crippen LogP contribution in [-0.2, 0) is 11.3 Å². The first-order chi connectivity index (χ1) is 13.0. The average molecular weight is 391 g/mol. The number of benzene rings is 1. The van der Waals surface area contributed by atoms with E-state index in [-0.39, 0.29) is 15.9 Å². The minimum Gasteiger partial charge on any atom is -0.378 e. The van der Waals surface area contributed by atoms with Crippen LogP contribution < -0.4 is 4.90 Å². The molecule has 1 saturated heterocycles. The second-order valence-corrected chi connectivity index (χ2v) is 8.31. The second-order valence-electron chi connectivity index (χ2n) is 7.00. The van der Waals surface area contributed by atoms with Crippen molar-refractivity contribution in [3.8, 4) is 0 Å². The number of morpholine rings is 1. The number of hydrogen-bond donors (Lipinski definition) is 0. The molecule has 2 aromatic rings.